The maximum absolute atomic E-state index is 9.84. The van der Waals surface area contributed by atoms with E-state index in [9.17, 15) is 20.4 Å². The molecule has 0 aliphatic carbocycles. The molecule has 0 amide bonds. The third-order valence-corrected chi connectivity index (χ3v) is 3.25. The molecule has 0 aromatic heterocycles. The molecule has 5 atom stereocenters. The highest BCUT2D eigenvalue weighted by molar-refractivity contribution is 5.44. The third kappa shape index (κ3) is 3.20. The average Bonchev–Trinajstić information content (AvgIpc) is 2.49. The zero-order chi connectivity index (χ0) is 15.6. The quantitative estimate of drug-likeness (QED) is 0.458. The van der Waals surface area contributed by atoms with Crippen molar-refractivity contribution in [1.29, 1.82) is 0 Å². The Kier molecular flexibility index (Phi) is 4.86. The fourth-order valence-electron chi connectivity index (χ4n) is 2.03. The summed E-state index contributed by atoms with van der Waals surface area (Å²) >= 11 is 0. The molecule has 0 saturated carbocycles. The average molecular weight is 302 g/mol. The highest BCUT2D eigenvalue weighted by Crippen LogP contribution is 2.31. The smallest absolute Gasteiger partial charge is 0.229 e. The summed E-state index contributed by atoms with van der Waals surface area (Å²) < 4.78 is 15.5. The highest BCUT2D eigenvalue weighted by Gasteiger charge is 2.44. The highest BCUT2D eigenvalue weighted by atomic mass is 16.7. The lowest BCUT2D eigenvalue weighted by atomic mass is 9.99. The van der Waals surface area contributed by atoms with Gasteiger partial charge in [-0.15, -0.1) is 0 Å². The molecular weight excluding hydrogens is 284 g/mol. The summed E-state index contributed by atoms with van der Waals surface area (Å²) in [7, 11) is 1.37. The molecule has 0 radical (unpaired) electrons. The summed E-state index contributed by atoms with van der Waals surface area (Å²) in [5, 5.41) is 47.7. The van der Waals surface area contributed by atoms with E-state index in [1.165, 1.54) is 25.3 Å². The molecule has 1 fully saturated rings. The van der Waals surface area contributed by atoms with Crippen molar-refractivity contribution in [3.8, 4) is 17.2 Å². The van der Waals surface area contributed by atoms with E-state index in [1.807, 2.05) is 0 Å². The largest absolute Gasteiger partial charge is 0.504 e. The molecule has 3 unspecified atom stereocenters. The summed E-state index contributed by atoms with van der Waals surface area (Å²) in [6.45, 7) is -0.538. The minimum atomic E-state index is -1.51. The molecule has 2 rings (SSSR count). The van der Waals surface area contributed by atoms with E-state index in [0.29, 0.717) is 0 Å². The van der Waals surface area contributed by atoms with Crippen molar-refractivity contribution < 1.29 is 39.7 Å². The molecule has 1 aromatic rings. The van der Waals surface area contributed by atoms with Crippen molar-refractivity contribution in [2.24, 2.45) is 0 Å². The number of hydrogen-bond acceptors (Lipinski definition) is 8. The Morgan fingerprint density at radius 2 is 1.86 bits per heavy atom. The van der Waals surface area contributed by atoms with Crippen LogP contribution in [0.15, 0.2) is 18.2 Å². The molecule has 1 heterocycles. The van der Waals surface area contributed by atoms with Crippen LogP contribution in [-0.2, 0) is 4.74 Å². The Balaban J connectivity index is 2.14. The van der Waals surface area contributed by atoms with Crippen LogP contribution in [0, 0.1) is 0 Å². The second kappa shape index (κ2) is 6.46. The van der Waals surface area contributed by atoms with E-state index in [2.05, 4.69) is 0 Å². The molecule has 1 aliphatic rings. The second-order valence-electron chi connectivity index (χ2n) is 4.65. The standard InChI is InChI=1S/C13H18O8/c1-19-8-4-6(2-3-7(8)15)20-13-12(18)11(17)10(16)9(5-14)21-13/h2-4,9-18H,5H2,1H3/t9?,10?,11-,12+,13?/m0/s1. The van der Waals surface area contributed by atoms with Crippen LogP contribution >= 0.6 is 0 Å². The lowest BCUT2D eigenvalue weighted by Crippen LogP contribution is -2.60. The van der Waals surface area contributed by atoms with Gasteiger partial charge in [-0.25, -0.2) is 0 Å². The number of aliphatic hydroxyl groups excluding tert-OH is 4. The maximum Gasteiger partial charge on any atom is 0.229 e. The minimum absolute atomic E-state index is 0.0846. The van der Waals surface area contributed by atoms with Crippen molar-refractivity contribution in [3.63, 3.8) is 0 Å². The first-order valence-electron chi connectivity index (χ1n) is 6.32. The summed E-state index contributed by atoms with van der Waals surface area (Å²) in [5.74, 6) is 0.296. The SMILES string of the molecule is COc1cc(OC2OC(CO)C(O)[C@H](O)[C@H]2O)ccc1O. The van der Waals surface area contributed by atoms with Gasteiger partial charge in [0.2, 0.25) is 6.29 Å². The fourth-order valence-corrected chi connectivity index (χ4v) is 2.03. The molecule has 1 saturated heterocycles. The molecule has 1 aromatic carbocycles. The van der Waals surface area contributed by atoms with Gasteiger partial charge in [0.15, 0.2) is 11.5 Å². The predicted octanol–water partition coefficient (Wildman–Crippen LogP) is -1.42. The van der Waals surface area contributed by atoms with E-state index in [1.54, 1.807) is 0 Å². The Bertz CT molecular complexity index is 477. The van der Waals surface area contributed by atoms with Gasteiger partial charge in [0.05, 0.1) is 13.7 Å². The van der Waals surface area contributed by atoms with Gasteiger partial charge >= 0.3 is 0 Å². The maximum atomic E-state index is 9.84. The van der Waals surface area contributed by atoms with Gasteiger partial charge in [0.1, 0.15) is 30.2 Å². The van der Waals surface area contributed by atoms with E-state index in [4.69, 9.17) is 19.3 Å². The normalized spacial score (nSPS) is 32.7. The first-order chi connectivity index (χ1) is 9.97. The molecular formula is C13H18O8. The third-order valence-electron chi connectivity index (χ3n) is 3.25. The Labute approximate surface area is 120 Å². The van der Waals surface area contributed by atoms with Crippen molar-refractivity contribution >= 4 is 0 Å². The molecule has 0 bridgehead atoms. The van der Waals surface area contributed by atoms with Crippen molar-refractivity contribution in [1.82, 2.24) is 0 Å². The van der Waals surface area contributed by atoms with Gasteiger partial charge in [0.25, 0.3) is 0 Å². The molecule has 118 valence electrons. The monoisotopic (exact) mass is 302 g/mol. The van der Waals surface area contributed by atoms with Crippen LogP contribution < -0.4 is 9.47 Å². The zero-order valence-corrected chi connectivity index (χ0v) is 11.3. The van der Waals surface area contributed by atoms with Crippen LogP contribution in [0.5, 0.6) is 17.2 Å². The summed E-state index contributed by atoms with van der Waals surface area (Å²) in [4.78, 5) is 0. The van der Waals surface area contributed by atoms with Gasteiger partial charge in [-0.1, -0.05) is 0 Å². The fraction of sp³-hybridized carbons (Fsp3) is 0.538. The van der Waals surface area contributed by atoms with Gasteiger partial charge in [0, 0.05) is 6.07 Å². The molecule has 0 spiro atoms. The lowest BCUT2D eigenvalue weighted by Gasteiger charge is -2.39. The van der Waals surface area contributed by atoms with E-state index < -0.39 is 37.3 Å². The van der Waals surface area contributed by atoms with Gasteiger partial charge in [-0.3, -0.25) is 0 Å². The second-order valence-corrected chi connectivity index (χ2v) is 4.65. The molecule has 5 N–H and O–H groups in total. The zero-order valence-electron chi connectivity index (χ0n) is 11.3. The lowest BCUT2D eigenvalue weighted by molar-refractivity contribution is -0.277. The van der Waals surface area contributed by atoms with Crippen LogP contribution in [0.25, 0.3) is 0 Å². The number of phenolic OH excluding ortho intramolecular Hbond substituents is 1. The molecule has 8 heteroatoms. The van der Waals surface area contributed by atoms with E-state index >= 15 is 0 Å². The number of benzene rings is 1. The number of aliphatic hydroxyl groups is 4. The summed E-state index contributed by atoms with van der Waals surface area (Å²) in [5.41, 5.74) is 0. The van der Waals surface area contributed by atoms with Gasteiger partial charge in [-0.05, 0) is 12.1 Å². The van der Waals surface area contributed by atoms with Crippen molar-refractivity contribution in [2.75, 3.05) is 13.7 Å². The predicted molar refractivity (Wildman–Crippen MR) is 69.1 cm³/mol. The number of ether oxygens (including phenoxy) is 3. The van der Waals surface area contributed by atoms with Crippen LogP contribution in [0.1, 0.15) is 0 Å². The van der Waals surface area contributed by atoms with E-state index in [0.717, 1.165) is 0 Å². The number of phenols is 1. The van der Waals surface area contributed by atoms with E-state index in [-0.39, 0.29) is 17.2 Å². The molecule has 8 nitrogen and oxygen atoms in total. The number of hydrogen-bond donors (Lipinski definition) is 5. The summed E-state index contributed by atoms with van der Waals surface area (Å²) in [6.07, 6.45) is -6.79. The van der Waals surface area contributed by atoms with Crippen LogP contribution in [-0.4, -0.2) is 70.0 Å². The topological polar surface area (TPSA) is 129 Å². The summed E-state index contributed by atoms with van der Waals surface area (Å²) in [6, 6.07) is 4.12. The number of methoxy groups -OCH3 is 1. The Morgan fingerprint density at radius 1 is 1.14 bits per heavy atom. The van der Waals surface area contributed by atoms with Crippen molar-refractivity contribution in [2.45, 2.75) is 30.7 Å². The number of aromatic hydroxyl groups is 1. The Hall–Kier alpha value is -1.58. The van der Waals surface area contributed by atoms with Crippen LogP contribution in [0.3, 0.4) is 0 Å². The van der Waals surface area contributed by atoms with Crippen molar-refractivity contribution in [3.05, 3.63) is 18.2 Å². The molecule has 21 heavy (non-hydrogen) atoms. The first kappa shape index (κ1) is 15.8. The van der Waals surface area contributed by atoms with Crippen LogP contribution in [0.2, 0.25) is 0 Å². The Morgan fingerprint density at radius 3 is 2.48 bits per heavy atom. The van der Waals surface area contributed by atoms with Gasteiger partial charge in [-0.2, -0.15) is 0 Å². The van der Waals surface area contributed by atoms with Crippen LogP contribution in [0.4, 0.5) is 0 Å². The van der Waals surface area contributed by atoms with Gasteiger partial charge < -0.3 is 39.7 Å². The minimum Gasteiger partial charge on any atom is -0.504 e. The molecule has 1 aliphatic heterocycles. The first-order valence-corrected chi connectivity index (χ1v) is 6.32. The number of rotatable bonds is 4.